The molecule has 0 aliphatic carbocycles. The molecule has 126 valence electrons. The third-order valence-corrected chi connectivity index (χ3v) is 3.98. The van der Waals surface area contributed by atoms with E-state index < -0.39 is 0 Å². The molecule has 2 aromatic rings. The minimum absolute atomic E-state index is 0.115. The van der Waals surface area contributed by atoms with E-state index in [4.69, 9.17) is 4.74 Å². The number of aromatic nitrogens is 1. The first-order chi connectivity index (χ1) is 11.5. The standard InChI is InChI=1S/C19H23N3O2/c1-13(2)24-17-6-4-14(5-7-17)19(23)21-16-10-15-12-22(3)9-8-18(15)20-11-16/h4-7,10-11,13H,8-9,12H2,1-3H3,(H,21,23). The van der Waals surface area contributed by atoms with Crippen molar-refractivity contribution < 1.29 is 9.53 Å². The van der Waals surface area contributed by atoms with Gasteiger partial charge in [0.1, 0.15) is 5.75 Å². The third-order valence-electron chi connectivity index (χ3n) is 3.98. The summed E-state index contributed by atoms with van der Waals surface area (Å²) in [5.41, 5.74) is 3.64. The zero-order chi connectivity index (χ0) is 17.1. The molecule has 2 heterocycles. The summed E-state index contributed by atoms with van der Waals surface area (Å²) in [6.07, 6.45) is 2.81. The van der Waals surface area contributed by atoms with Gasteiger partial charge in [-0.25, -0.2) is 0 Å². The molecule has 3 rings (SSSR count). The summed E-state index contributed by atoms with van der Waals surface area (Å²) in [5.74, 6) is 0.622. The smallest absolute Gasteiger partial charge is 0.255 e. The predicted molar refractivity (Wildman–Crippen MR) is 94.4 cm³/mol. The van der Waals surface area contributed by atoms with E-state index in [2.05, 4.69) is 22.2 Å². The van der Waals surface area contributed by atoms with Crippen molar-refractivity contribution in [3.8, 4) is 5.75 Å². The maximum Gasteiger partial charge on any atom is 0.255 e. The van der Waals surface area contributed by atoms with Crippen LogP contribution in [-0.4, -0.2) is 35.5 Å². The highest BCUT2D eigenvalue weighted by atomic mass is 16.5. The first kappa shape index (κ1) is 16.5. The van der Waals surface area contributed by atoms with Crippen molar-refractivity contribution in [2.24, 2.45) is 0 Å². The van der Waals surface area contributed by atoms with E-state index in [1.165, 1.54) is 5.56 Å². The number of hydrogen-bond donors (Lipinski definition) is 1. The Morgan fingerprint density at radius 3 is 2.75 bits per heavy atom. The molecule has 0 fully saturated rings. The molecular weight excluding hydrogens is 302 g/mol. The van der Waals surface area contributed by atoms with Gasteiger partial charge in [0.15, 0.2) is 0 Å². The largest absolute Gasteiger partial charge is 0.491 e. The van der Waals surface area contributed by atoms with Crippen molar-refractivity contribution in [3.05, 3.63) is 53.3 Å². The van der Waals surface area contributed by atoms with Crippen molar-refractivity contribution in [1.82, 2.24) is 9.88 Å². The number of anilines is 1. The molecule has 5 nitrogen and oxygen atoms in total. The summed E-state index contributed by atoms with van der Waals surface area (Å²) >= 11 is 0. The van der Waals surface area contributed by atoms with Crippen LogP contribution in [0.5, 0.6) is 5.75 Å². The number of fused-ring (bicyclic) bond motifs is 1. The van der Waals surface area contributed by atoms with E-state index in [0.29, 0.717) is 5.56 Å². The molecule has 0 radical (unpaired) electrons. The number of rotatable bonds is 4. The van der Waals surface area contributed by atoms with E-state index in [-0.39, 0.29) is 12.0 Å². The molecular formula is C19H23N3O2. The Morgan fingerprint density at radius 2 is 2.04 bits per heavy atom. The summed E-state index contributed by atoms with van der Waals surface area (Å²) in [4.78, 5) is 19.1. The molecule has 1 aliphatic heterocycles. The number of pyridine rings is 1. The topological polar surface area (TPSA) is 54.5 Å². The summed E-state index contributed by atoms with van der Waals surface area (Å²) in [6.45, 7) is 5.84. The molecule has 5 heteroatoms. The van der Waals surface area contributed by atoms with Gasteiger partial charge < -0.3 is 15.0 Å². The lowest BCUT2D eigenvalue weighted by Crippen LogP contribution is -2.27. The molecule has 0 saturated carbocycles. The van der Waals surface area contributed by atoms with Crippen molar-refractivity contribution in [2.75, 3.05) is 18.9 Å². The van der Waals surface area contributed by atoms with Crippen molar-refractivity contribution >= 4 is 11.6 Å². The second kappa shape index (κ2) is 7.01. The van der Waals surface area contributed by atoms with Gasteiger partial charge in [-0.2, -0.15) is 0 Å². The van der Waals surface area contributed by atoms with Gasteiger partial charge in [-0.1, -0.05) is 0 Å². The number of carbonyl (C=O) groups excluding carboxylic acids is 1. The van der Waals surface area contributed by atoms with E-state index in [0.717, 1.165) is 36.6 Å². The van der Waals surface area contributed by atoms with Crippen LogP contribution in [0.25, 0.3) is 0 Å². The average molecular weight is 325 g/mol. The van der Waals surface area contributed by atoms with Gasteiger partial charge in [-0.05, 0) is 56.8 Å². The van der Waals surface area contributed by atoms with Gasteiger partial charge in [-0.3, -0.25) is 9.78 Å². The first-order valence-electron chi connectivity index (χ1n) is 8.25. The quantitative estimate of drug-likeness (QED) is 0.938. The van der Waals surface area contributed by atoms with E-state index in [1.54, 1.807) is 18.3 Å². The summed E-state index contributed by atoms with van der Waals surface area (Å²) in [5, 5.41) is 2.92. The molecule has 0 bridgehead atoms. The minimum Gasteiger partial charge on any atom is -0.491 e. The maximum absolute atomic E-state index is 12.4. The lowest BCUT2D eigenvalue weighted by Gasteiger charge is -2.24. The third kappa shape index (κ3) is 3.92. The number of benzene rings is 1. The highest BCUT2D eigenvalue weighted by molar-refractivity contribution is 6.04. The maximum atomic E-state index is 12.4. The van der Waals surface area contributed by atoms with Crippen LogP contribution >= 0.6 is 0 Å². The molecule has 24 heavy (non-hydrogen) atoms. The Morgan fingerprint density at radius 1 is 1.29 bits per heavy atom. The molecule has 0 saturated heterocycles. The van der Waals surface area contributed by atoms with Gasteiger partial charge in [-0.15, -0.1) is 0 Å². The SMILES string of the molecule is CC(C)Oc1ccc(C(=O)Nc2cnc3c(c2)CN(C)CC3)cc1. The molecule has 1 aliphatic rings. The normalized spacial score (nSPS) is 14.3. The van der Waals surface area contributed by atoms with Gasteiger partial charge in [0.25, 0.3) is 5.91 Å². The lowest BCUT2D eigenvalue weighted by molar-refractivity contribution is 0.102. The van der Waals surface area contributed by atoms with Gasteiger partial charge in [0, 0.05) is 30.8 Å². The number of nitrogens with one attached hydrogen (secondary N) is 1. The first-order valence-corrected chi connectivity index (χ1v) is 8.25. The van der Waals surface area contributed by atoms with Gasteiger partial charge in [0.05, 0.1) is 18.0 Å². The summed E-state index contributed by atoms with van der Waals surface area (Å²) in [7, 11) is 2.09. The number of hydrogen-bond acceptors (Lipinski definition) is 4. The van der Waals surface area contributed by atoms with E-state index in [1.807, 2.05) is 32.0 Å². The summed E-state index contributed by atoms with van der Waals surface area (Å²) < 4.78 is 5.59. The second-order valence-electron chi connectivity index (χ2n) is 6.46. The van der Waals surface area contributed by atoms with Crippen LogP contribution in [0, 0.1) is 0 Å². The van der Waals surface area contributed by atoms with Crippen LogP contribution in [0.3, 0.4) is 0 Å². The van der Waals surface area contributed by atoms with Crippen molar-refractivity contribution in [3.63, 3.8) is 0 Å². The fraction of sp³-hybridized carbons (Fsp3) is 0.368. The Kier molecular flexibility index (Phi) is 4.81. The van der Waals surface area contributed by atoms with Crippen LogP contribution in [0.4, 0.5) is 5.69 Å². The van der Waals surface area contributed by atoms with Crippen molar-refractivity contribution in [2.45, 2.75) is 32.9 Å². The monoisotopic (exact) mass is 325 g/mol. The molecule has 0 unspecified atom stereocenters. The van der Waals surface area contributed by atoms with E-state index in [9.17, 15) is 4.79 Å². The van der Waals surface area contributed by atoms with Crippen LogP contribution in [-0.2, 0) is 13.0 Å². The zero-order valence-electron chi connectivity index (χ0n) is 14.4. The number of amides is 1. The Balaban J connectivity index is 1.69. The lowest BCUT2D eigenvalue weighted by atomic mass is 10.1. The molecule has 0 spiro atoms. The Labute approximate surface area is 142 Å². The molecule has 1 amide bonds. The van der Waals surface area contributed by atoms with Gasteiger partial charge in [0.2, 0.25) is 0 Å². The number of likely N-dealkylation sites (N-methyl/N-ethyl adjacent to an activating group) is 1. The number of carbonyl (C=O) groups is 1. The molecule has 1 N–H and O–H groups in total. The van der Waals surface area contributed by atoms with Crippen molar-refractivity contribution in [1.29, 1.82) is 0 Å². The summed E-state index contributed by atoms with van der Waals surface area (Å²) in [6, 6.07) is 9.19. The molecule has 0 atom stereocenters. The van der Waals surface area contributed by atoms with E-state index >= 15 is 0 Å². The van der Waals surface area contributed by atoms with Crippen LogP contribution < -0.4 is 10.1 Å². The Bertz CT molecular complexity index is 726. The number of ether oxygens (including phenoxy) is 1. The fourth-order valence-corrected chi connectivity index (χ4v) is 2.80. The van der Waals surface area contributed by atoms with Crippen LogP contribution in [0.15, 0.2) is 36.5 Å². The molecule has 1 aromatic heterocycles. The zero-order valence-corrected chi connectivity index (χ0v) is 14.4. The number of nitrogens with zero attached hydrogens (tertiary/aromatic N) is 2. The van der Waals surface area contributed by atoms with Crippen LogP contribution in [0.1, 0.15) is 35.5 Å². The van der Waals surface area contributed by atoms with Gasteiger partial charge >= 0.3 is 0 Å². The Hall–Kier alpha value is -2.40. The second-order valence-corrected chi connectivity index (χ2v) is 6.46. The average Bonchev–Trinajstić information content (AvgIpc) is 2.54. The van der Waals surface area contributed by atoms with Crippen LogP contribution in [0.2, 0.25) is 0 Å². The highest BCUT2D eigenvalue weighted by Crippen LogP contribution is 2.20. The predicted octanol–water partition coefficient (Wildman–Crippen LogP) is 3.11. The minimum atomic E-state index is -0.142. The highest BCUT2D eigenvalue weighted by Gasteiger charge is 2.15. The fourth-order valence-electron chi connectivity index (χ4n) is 2.80. The molecule has 1 aromatic carbocycles.